The maximum absolute atomic E-state index is 13.2. The Bertz CT molecular complexity index is 251. The van der Waals surface area contributed by atoms with Crippen LogP contribution in [0, 0.1) is 0 Å². The van der Waals surface area contributed by atoms with Gasteiger partial charge in [0.1, 0.15) is 0 Å². The molecule has 0 saturated carbocycles. The molecule has 0 rings (SSSR count). The van der Waals surface area contributed by atoms with E-state index < -0.39 is 24.7 Å². The average Bonchev–Trinajstić information content (AvgIpc) is 2.19. The van der Waals surface area contributed by atoms with Gasteiger partial charge in [-0.3, -0.25) is 0 Å². The van der Waals surface area contributed by atoms with Gasteiger partial charge >= 0.3 is 18.9 Å². The van der Waals surface area contributed by atoms with Crippen LogP contribution >= 0.6 is 0 Å². The first-order valence-electron chi connectivity index (χ1n) is 4.04. The summed E-state index contributed by atoms with van der Waals surface area (Å²) >= 11 is 0. The zero-order valence-corrected chi connectivity index (χ0v) is 8.95. The van der Waals surface area contributed by atoms with E-state index in [1.807, 2.05) is 0 Å². The standard InChI is InChI=1S/C6H9BF7O3/c1-15-7(16-2,17-3)5(10,11)4(8,9)6(12,13)14/h1-3H3/q-1. The second-order valence-electron chi connectivity index (χ2n) is 3.04. The van der Waals surface area contributed by atoms with Crippen molar-refractivity contribution in [2.75, 3.05) is 21.3 Å². The zero-order chi connectivity index (χ0) is 14.1. The fraction of sp³-hybridized carbons (Fsp3) is 1.00. The van der Waals surface area contributed by atoms with Gasteiger partial charge in [-0.15, -0.1) is 0 Å². The molecular formula is C6H9BF7O3-. The van der Waals surface area contributed by atoms with Crippen molar-refractivity contribution in [3.8, 4) is 0 Å². The van der Waals surface area contributed by atoms with Gasteiger partial charge in [0.15, 0.2) is 0 Å². The Morgan fingerprint density at radius 3 is 1.18 bits per heavy atom. The van der Waals surface area contributed by atoms with Crippen molar-refractivity contribution in [2.24, 2.45) is 0 Å². The minimum atomic E-state index is -6.47. The Hall–Kier alpha value is -0.545. The smallest absolute Gasteiger partial charge is 0.457 e. The summed E-state index contributed by atoms with van der Waals surface area (Å²) in [6.45, 7) is -4.58. The van der Waals surface area contributed by atoms with Gasteiger partial charge in [0.05, 0.1) is 0 Å². The highest BCUT2D eigenvalue weighted by Crippen LogP contribution is 2.50. The lowest BCUT2D eigenvalue weighted by atomic mass is 9.66. The quantitative estimate of drug-likeness (QED) is 0.568. The summed E-state index contributed by atoms with van der Waals surface area (Å²) in [5, 5.41) is 0. The summed E-state index contributed by atoms with van der Waals surface area (Å²) in [5.41, 5.74) is 0. The van der Waals surface area contributed by atoms with Crippen molar-refractivity contribution < 1.29 is 44.7 Å². The Kier molecular flexibility index (Phi) is 4.47. The van der Waals surface area contributed by atoms with Crippen LogP contribution in [0.4, 0.5) is 30.7 Å². The molecule has 0 saturated heterocycles. The van der Waals surface area contributed by atoms with E-state index >= 15 is 0 Å². The molecule has 3 nitrogen and oxygen atoms in total. The number of hydrogen-bond donors (Lipinski definition) is 0. The van der Waals surface area contributed by atoms with Gasteiger partial charge in [-0.2, -0.15) is 22.0 Å². The Morgan fingerprint density at radius 2 is 1.00 bits per heavy atom. The first kappa shape index (κ1) is 16.5. The van der Waals surface area contributed by atoms with Crippen LogP contribution in [-0.2, 0) is 14.0 Å². The second kappa shape index (κ2) is 4.61. The maximum atomic E-state index is 13.2. The highest BCUT2D eigenvalue weighted by molar-refractivity contribution is 6.63. The van der Waals surface area contributed by atoms with E-state index in [4.69, 9.17) is 0 Å². The Labute approximate surface area is 91.8 Å². The molecule has 0 heterocycles. The summed E-state index contributed by atoms with van der Waals surface area (Å²) in [6, 6.07) is 0. The van der Waals surface area contributed by atoms with Crippen molar-refractivity contribution in [3.63, 3.8) is 0 Å². The minimum Gasteiger partial charge on any atom is -0.543 e. The van der Waals surface area contributed by atoms with E-state index in [9.17, 15) is 30.7 Å². The molecule has 0 aliphatic heterocycles. The lowest BCUT2D eigenvalue weighted by Crippen LogP contribution is -2.70. The molecule has 0 amide bonds. The van der Waals surface area contributed by atoms with Crippen LogP contribution in [0.2, 0.25) is 0 Å². The predicted molar refractivity (Wildman–Crippen MR) is 42.7 cm³/mol. The highest BCUT2D eigenvalue weighted by Gasteiger charge is 2.78. The normalized spacial score (nSPS) is 15.2. The third kappa shape index (κ3) is 2.23. The number of rotatable bonds is 5. The number of halogens is 7. The van der Waals surface area contributed by atoms with Gasteiger partial charge in [-0.05, 0) is 21.3 Å². The molecule has 0 atom stereocenters. The van der Waals surface area contributed by atoms with Crippen molar-refractivity contribution in [3.05, 3.63) is 0 Å². The fourth-order valence-electron chi connectivity index (χ4n) is 1.14. The summed E-state index contributed by atoms with van der Waals surface area (Å²) in [4.78, 5) is 0. The number of alkyl halides is 7. The first-order valence-corrected chi connectivity index (χ1v) is 4.04. The van der Waals surface area contributed by atoms with Crippen LogP contribution < -0.4 is 0 Å². The van der Waals surface area contributed by atoms with Gasteiger partial charge < -0.3 is 14.0 Å². The Balaban J connectivity index is 5.67. The largest absolute Gasteiger partial charge is 0.543 e. The van der Waals surface area contributed by atoms with E-state index in [2.05, 4.69) is 14.0 Å². The molecule has 0 bridgehead atoms. The zero-order valence-electron chi connectivity index (χ0n) is 8.95. The van der Waals surface area contributed by atoms with Gasteiger partial charge in [-0.25, -0.2) is 8.78 Å². The molecule has 11 heteroatoms. The van der Waals surface area contributed by atoms with Crippen LogP contribution in [0.1, 0.15) is 0 Å². The van der Waals surface area contributed by atoms with Crippen molar-refractivity contribution in [1.82, 2.24) is 0 Å². The second-order valence-corrected chi connectivity index (χ2v) is 3.04. The van der Waals surface area contributed by atoms with Crippen LogP contribution in [0.3, 0.4) is 0 Å². The first-order chi connectivity index (χ1) is 7.43. The van der Waals surface area contributed by atoms with Crippen molar-refractivity contribution in [1.29, 1.82) is 0 Å². The topological polar surface area (TPSA) is 27.7 Å². The van der Waals surface area contributed by atoms with Crippen LogP contribution in [0.25, 0.3) is 0 Å². The molecule has 0 aromatic rings. The maximum Gasteiger partial charge on any atom is 0.457 e. The molecule has 0 spiro atoms. The number of hydrogen-bond acceptors (Lipinski definition) is 3. The molecule has 104 valence electrons. The lowest BCUT2D eigenvalue weighted by molar-refractivity contribution is -0.344. The van der Waals surface area contributed by atoms with Crippen molar-refractivity contribution >= 4 is 6.75 Å². The van der Waals surface area contributed by atoms with E-state index in [1.54, 1.807) is 0 Å². The van der Waals surface area contributed by atoms with Gasteiger partial charge in [0, 0.05) is 0 Å². The summed E-state index contributed by atoms with van der Waals surface area (Å²) in [7, 11) is 1.40. The summed E-state index contributed by atoms with van der Waals surface area (Å²) < 4.78 is 99.0. The van der Waals surface area contributed by atoms with E-state index in [0.717, 1.165) is 0 Å². The third-order valence-electron chi connectivity index (χ3n) is 2.15. The van der Waals surface area contributed by atoms with Crippen molar-refractivity contribution in [2.45, 2.75) is 17.9 Å². The minimum absolute atomic E-state index is 0.466. The third-order valence-corrected chi connectivity index (χ3v) is 2.15. The molecule has 17 heavy (non-hydrogen) atoms. The monoisotopic (exact) mass is 273 g/mol. The molecule has 0 radical (unpaired) electrons. The van der Waals surface area contributed by atoms with Gasteiger partial charge in [-0.1, -0.05) is 0 Å². The molecule has 0 aromatic heterocycles. The molecule has 0 N–H and O–H groups in total. The average molecular weight is 273 g/mol. The van der Waals surface area contributed by atoms with Crippen LogP contribution in [0.5, 0.6) is 0 Å². The molecule has 0 aliphatic rings. The van der Waals surface area contributed by atoms with E-state index in [-0.39, 0.29) is 0 Å². The molecule has 0 aliphatic carbocycles. The van der Waals surface area contributed by atoms with Crippen LogP contribution in [0.15, 0.2) is 0 Å². The molecule has 0 fully saturated rings. The lowest BCUT2D eigenvalue weighted by Gasteiger charge is -2.46. The van der Waals surface area contributed by atoms with Gasteiger partial charge in [0.2, 0.25) is 0 Å². The molecular weight excluding hydrogens is 264 g/mol. The van der Waals surface area contributed by atoms with E-state index in [1.165, 1.54) is 0 Å². The predicted octanol–water partition coefficient (Wildman–Crippen LogP) is 2.24. The highest BCUT2D eigenvalue weighted by atomic mass is 19.4. The fourth-order valence-corrected chi connectivity index (χ4v) is 1.14. The van der Waals surface area contributed by atoms with Gasteiger partial charge in [0.25, 0.3) is 5.82 Å². The molecule has 0 unspecified atom stereocenters. The molecule has 0 aromatic carbocycles. The SMILES string of the molecule is CO[B-](OC)(OC)C(F)(F)C(F)(F)C(F)(F)F. The van der Waals surface area contributed by atoms with E-state index in [0.29, 0.717) is 21.3 Å². The summed E-state index contributed by atoms with van der Waals surface area (Å²) in [6.07, 6.45) is -6.47. The Morgan fingerprint density at radius 1 is 0.706 bits per heavy atom. The summed E-state index contributed by atoms with van der Waals surface area (Å²) in [5.74, 6) is -12.1. The van der Waals surface area contributed by atoms with Crippen LogP contribution in [-0.4, -0.2) is 46.0 Å².